The summed E-state index contributed by atoms with van der Waals surface area (Å²) in [6.07, 6.45) is 0.419. The Morgan fingerprint density at radius 2 is 1.50 bits per heavy atom. The molecule has 0 aliphatic rings. The molecule has 0 aromatic heterocycles. The fraction of sp³-hybridized carbons (Fsp3) is 0.259. The lowest BCUT2D eigenvalue weighted by Gasteiger charge is -2.31. The summed E-state index contributed by atoms with van der Waals surface area (Å²) >= 11 is 0. The molecule has 166 valence electrons. The Morgan fingerprint density at radius 3 is 2.12 bits per heavy atom. The highest BCUT2D eigenvalue weighted by atomic mass is 16.5. The van der Waals surface area contributed by atoms with Crippen molar-refractivity contribution in [3.8, 4) is 5.75 Å². The van der Waals surface area contributed by atoms with Crippen molar-refractivity contribution in [2.45, 2.75) is 32.9 Å². The normalized spacial score (nSPS) is 11.5. The van der Waals surface area contributed by atoms with Crippen molar-refractivity contribution in [3.63, 3.8) is 0 Å². The first kappa shape index (κ1) is 23.1. The lowest BCUT2D eigenvalue weighted by molar-refractivity contribution is -0.142. The van der Waals surface area contributed by atoms with E-state index in [0.29, 0.717) is 18.7 Å². The van der Waals surface area contributed by atoms with E-state index in [-0.39, 0.29) is 18.4 Å². The number of hydrogen-bond acceptors (Lipinski definition) is 3. The van der Waals surface area contributed by atoms with Crippen molar-refractivity contribution in [2.75, 3.05) is 13.7 Å². The number of likely N-dealkylation sites (N-methyl/N-ethyl adjacent to an activating group) is 1. The molecule has 3 aromatic rings. The van der Waals surface area contributed by atoms with Crippen molar-refractivity contribution in [2.24, 2.45) is 0 Å². The molecule has 0 aliphatic heterocycles. The highest BCUT2D eigenvalue weighted by Gasteiger charge is 2.30. The second-order valence-corrected chi connectivity index (χ2v) is 7.81. The smallest absolute Gasteiger partial charge is 0.261 e. The number of ether oxygens (including phenoxy) is 1. The van der Waals surface area contributed by atoms with Gasteiger partial charge in [-0.25, -0.2) is 0 Å². The molecule has 3 rings (SSSR count). The third kappa shape index (κ3) is 5.97. The summed E-state index contributed by atoms with van der Waals surface area (Å²) in [6.45, 7) is 4.16. The third-order valence-corrected chi connectivity index (χ3v) is 5.62. The van der Waals surface area contributed by atoms with Crippen LogP contribution in [0.25, 0.3) is 0 Å². The second-order valence-electron chi connectivity index (χ2n) is 7.81. The Balaban J connectivity index is 1.87. The van der Waals surface area contributed by atoms with E-state index in [1.807, 2.05) is 92.7 Å². The van der Waals surface area contributed by atoms with Gasteiger partial charge in [-0.1, -0.05) is 72.8 Å². The highest BCUT2D eigenvalue weighted by molar-refractivity contribution is 5.88. The summed E-state index contributed by atoms with van der Waals surface area (Å²) in [5.41, 5.74) is 4.04. The standard InChI is InChI=1S/C27H30N2O3/c1-20-11-10-16-25(21(20)2)32-19-26(30)29(18-23-14-8-5-9-15-23)24(27(31)28-3)17-22-12-6-4-7-13-22/h4-16,24H,17-19H2,1-3H3,(H,28,31)/t24-/m0/s1. The van der Waals surface area contributed by atoms with Crippen LogP contribution in [0.2, 0.25) is 0 Å². The van der Waals surface area contributed by atoms with Gasteiger partial charge in [0.25, 0.3) is 5.91 Å². The monoisotopic (exact) mass is 430 g/mol. The fourth-order valence-corrected chi connectivity index (χ4v) is 3.60. The zero-order chi connectivity index (χ0) is 22.9. The van der Waals surface area contributed by atoms with Gasteiger partial charge in [-0.2, -0.15) is 0 Å². The van der Waals surface area contributed by atoms with Gasteiger partial charge >= 0.3 is 0 Å². The molecule has 0 heterocycles. The molecule has 0 unspecified atom stereocenters. The number of nitrogens with zero attached hydrogens (tertiary/aromatic N) is 1. The maximum atomic E-state index is 13.4. The minimum absolute atomic E-state index is 0.139. The van der Waals surface area contributed by atoms with E-state index in [2.05, 4.69) is 5.32 Å². The number of benzene rings is 3. The van der Waals surface area contributed by atoms with E-state index < -0.39 is 6.04 Å². The molecule has 0 saturated carbocycles. The molecule has 0 radical (unpaired) electrons. The Morgan fingerprint density at radius 1 is 0.875 bits per heavy atom. The molecule has 1 N–H and O–H groups in total. The van der Waals surface area contributed by atoms with E-state index >= 15 is 0 Å². The molecule has 5 heteroatoms. The maximum absolute atomic E-state index is 13.4. The molecule has 0 spiro atoms. The maximum Gasteiger partial charge on any atom is 0.261 e. The minimum atomic E-state index is -0.655. The molecule has 5 nitrogen and oxygen atoms in total. The van der Waals surface area contributed by atoms with Gasteiger partial charge in [0.1, 0.15) is 11.8 Å². The molecule has 0 saturated heterocycles. The van der Waals surface area contributed by atoms with E-state index in [9.17, 15) is 9.59 Å². The van der Waals surface area contributed by atoms with Crippen LogP contribution in [-0.2, 0) is 22.6 Å². The van der Waals surface area contributed by atoms with Crippen LogP contribution in [0, 0.1) is 13.8 Å². The van der Waals surface area contributed by atoms with E-state index in [1.54, 1.807) is 11.9 Å². The number of hydrogen-bond donors (Lipinski definition) is 1. The van der Waals surface area contributed by atoms with Crippen molar-refractivity contribution in [1.82, 2.24) is 10.2 Å². The molecule has 32 heavy (non-hydrogen) atoms. The zero-order valence-corrected chi connectivity index (χ0v) is 18.9. The molecule has 1 atom stereocenters. The fourth-order valence-electron chi connectivity index (χ4n) is 3.60. The second kappa shape index (κ2) is 11.1. The number of aryl methyl sites for hydroxylation is 1. The average molecular weight is 431 g/mol. The van der Waals surface area contributed by atoms with Gasteiger partial charge < -0.3 is 15.0 Å². The van der Waals surface area contributed by atoms with Crippen LogP contribution >= 0.6 is 0 Å². The minimum Gasteiger partial charge on any atom is -0.483 e. The molecule has 3 aromatic carbocycles. The first-order valence-electron chi connectivity index (χ1n) is 10.8. The Hall–Kier alpha value is -3.60. The first-order valence-corrected chi connectivity index (χ1v) is 10.8. The number of rotatable bonds is 9. The van der Waals surface area contributed by atoms with Gasteiger partial charge in [0.15, 0.2) is 6.61 Å². The van der Waals surface area contributed by atoms with Crippen LogP contribution in [-0.4, -0.2) is 36.4 Å². The highest BCUT2D eigenvalue weighted by Crippen LogP contribution is 2.21. The zero-order valence-electron chi connectivity index (χ0n) is 18.9. The SMILES string of the molecule is CNC(=O)[C@H](Cc1ccccc1)N(Cc1ccccc1)C(=O)COc1cccc(C)c1C. The van der Waals surface area contributed by atoms with Gasteiger partial charge in [-0.05, 0) is 42.2 Å². The molecular weight excluding hydrogens is 400 g/mol. The molecule has 0 aliphatic carbocycles. The van der Waals surface area contributed by atoms with Crippen LogP contribution in [0.15, 0.2) is 78.9 Å². The lowest BCUT2D eigenvalue weighted by Crippen LogP contribution is -2.51. The Labute approximate surface area is 190 Å². The van der Waals surface area contributed by atoms with Crippen LogP contribution in [0.3, 0.4) is 0 Å². The summed E-state index contributed by atoms with van der Waals surface area (Å²) in [4.78, 5) is 27.9. The van der Waals surface area contributed by atoms with Crippen molar-refractivity contribution in [3.05, 3.63) is 101 Å². The third-order valence-electron chi connectivity index (χ3n) is 5.62. The number of carbonyl (C=O) groups excluding carboxylic acids is 2. The summed E-state index contributed by atoms with van der Waals surface area (Å²) in [5, 5.41) is 2.72. The Bertz CT molecular complexity index is 1040. The summed E-state index contributed by atoms with van der Waals surface area (Å²) in [6, 6.07) is 24.5. The molecule has 2 amide bonds. The largest absolute Gasteiger partial charge is 0.483 e. The molecular formula is C27H30N2O3. The van der Waals surface area contributed by atoms with Gasteiger partial charge in [0, 0.05) is 20.0 Å². The lowest BCUT2D eigenvalue weighted by atomic mass is 10.0. The van der Waals surface area contributed by atoms with E-state index in [0.717, 1.165) is 22.3 Å². The van der Waals surface area contributed by atoms with Crippen molar-refractivity contribution in [1.29, 1.82) is 0 Å². The molecule has 0 bridgehead atoms. The first-order chi connectivity index (χ1) is 15.5. The van der Waals surface area contributed by atoms with Crippen LogP contribution in [0.5, 0.6) is 5.75 Å². The van der Waals surface area contributed by atoms with Gasteiger partial charge in [-0.15, -0.1) is 0 Å². The van der Waals surface area contributed by atoms with Gasteiger partial charge in [0.05, 0.1) is 0 Å². The number of amides is 2. The van der Waals surface area contributed by atoms with Crippen LogP contribution in [0.1, 0.15) is 22.3 Å². The molecule has 0 fully saturated rings. The van der Waals surface area contributed by atoms with Crippen LogP contribution < -0.4 is 10.1 Å². The quantitative estimate of drug-likeness (QED) is 0.557. The topological polar surface area (TPSA) is 58.6 Å². The van der Waals surface area contributed by atoms with Gasteiger partial charge in [-0.3, -0.25) is 9.59 Å². The van der Waals surface area contributed by atoms with E-state index in [1.165, 1.54) is 0 Å². The van der Waals surface area contributed by atoms with Gasteiger partial charge in [0.2, 0.25) is 5.91 Å². The van der Waals surface area contributed by atoms with Crippen molar-refractivity contribution >= 4 is 11.8 Å². The Kier molecular flexibility index (Phi) is 8.03. The van der Waals surface area contributed by atoms with Crippen molar-refractivity contribution < 1.29 is 14.3 Å². The average Bonchev–Trinajstić information content (AvgIpc) is 2.83. The number of carbonyl (C=O) groups is 2. The van der Waals surface area contributed by atoms with E-state index in [4.69, 9.17) is 4.74 Å². The number of nitrogens with one attached hydrogen (secondary N) is 1. The summed E-state index contributed by atoms with van der Waals surface area (Å²) in [7, 11) is 1.60. The summed E-state index contributed by atoms with van der Waals surface area (Å²) in [5.74, 6) is 0.238. The van der Waals surface area contributed by atoms with Crippen LogP contribution in [0.4, 0.5) is 0 Å². The predicted molar refractivity (Wildman–Crippen MR) is 126 cm³/mol. The summed E-state index contributed by atoms with van der Waals surface area (Å²) < 4.78 is 5.89. The predicted octanol–water partition coefficient (Wildman–Crippen LogP) is 4.07.